The van der Waals surface area contributed by atoms with Crippen LogP contribution in [-0.2, 0) is 13.1 Å². The molecule has 2 heterocycles. The lowest BCUT2D eigenvalue weighted by Crippen LogP contribution is -2.35. The molecule has 5 rings (SSSR count). The number of nitrogens with zero attached hydrogens (tertiary/aromatic N) is 2. The summed E-state index contributed by atoms with van der Waals surface area (Å²) < 4.78 is 17.6. The zero-order valence-electron chi connectivity index (χ0n) is 18.9. The molecule has 1 N–H and O–H groups in total. The van der Waals surface area contributed by atoms with Crippen molar-refractivity contribution in [3.8, 4) is 11.3 Å². The first-order valence-electron chi connectivity index (χ1n) is 11.8. The summed E-state index contributed by atoms with van der Waals surface area (Å²) in [4.78, 5) is 14.2. The summed E-state index contributed by atoms with van der Waals surface area (Å²) in [6.45, 7) is 6.90. The molecule has 1 aliphatic heterocycles. The number of carboxylic acids is 1. The number of carboxylic acid groups (broad SMARTS) is 1. The van der Waals surface area contributed by atoms with E-state index in [0.717, 1.165) is 66.6 Å². The molecule has 1 fully saturated rings. The third kappa shape index (κ3) is 3.53. The van der Waals surface area contributed by atoms with E-state index in [1.54, 1.807) is 12.1 Å². The molecule has 5 heteroatoms. The maximum Gasteiger partial charge on any atom is 0.335 e. The molecule has 2 aliphatic rings. The zero-order chi connectivity index (χ0) is 22.4. The number of fused-ring (bicyclic) bond motifs is 5. The molecule has 1 aromatic heterocycles. The number of aromatic nitrogens is 1. The molecule has 0 spiro atoms. The first kappa shape index (κ1) is 21.2. The molecule has 0 saturated heterocycles. The summed E-state index contributed by atoms with van der Waals surface area (Å²) in [6, 6.07) is 14.2. The summed E-state index contributed by atoms with van der Waals surface area (Å²) >= 11 is 0. The molecule has 0 bridgehead atoms. The van der Waals surface area contributed by atoms with Crippen LogP contribution in [0, 0.1) is 0 Å². The predicted molar refractivity (Wildman–Crippen MR) is 126 cm³/mol. The van der Waals surface area contributed by atoms with Gasteiger partial charge >= 0.3 is 5.97 Å². The highest BCUT2D eigenvalue weighted by molar-refractivity contribution is 5.98. The van der Waals surface area contributed by atoms with Gasteiger partial charge in [-0.3, -0.25) is 4.90 Å². The largest absolute Gasteiger partial charge is 0.478 e. The highest BCUT2D eigenvalue weighted by Crippen LogP contribution is 2.46. The molecule has 3 aromatic rings. The van der Waals surface area contributed by atoms with Crippen LogP contribution in [0.3, 0.4) is 0 Å². The fourth-order valence-electron chi connectivity index (χ4n) is 5.67. The molecule has 32 heavy (non-hydrogen) atoms. The second-order valence-electron chi connectivity index (χ2n) is 9.58. The van der Waals surface area contributed by atoms with E-state index in [2.05, 4.69) is 47.6 Å². The van der Waals surface area contributed by atoms with E-state index < -0.39 is 12.1 Å². The average molecular weight is 435 g/mol. The van der Waals surface area contributed by atoms with Gasteiger partial charge in [0, 0.05) is 48.1 Å². The summed E-state index contributed by atoms with van der Waals surface area (Å²) in [6.07, 6.45) is 2.56. The second kappa shape index (κ2) is 8.36. The van der Waals surface area contributed by atoms with E-state index in [1.807, 2.05) is 6.07 Å². The van der Waals surface area contributed by atoms with Crippen LogP contribution < -0.4 is 0 Å². The normalized spacial score (nSPS) is 21.8. The van der Waals surface area contributed by atoms with Crippen LogP contribution in [0.5, 0.6) is 0 Å². The van der Waals surface area contributed by atoms with Gasteiger partial charge in [0.2, 0.25) is 0 Å². The van der Waals surface area contributed by atoms with Crippen LogP contribution >= 0.6 is 0 Å². The van der Waals surface area contributed by atoms with E-state index >= 15 is 4.39 Å². The number of carbonyl (C=O) groups is 1. The van der Waals surface area contributed by atoms with Gasteiger partial charge < -0.3 is 9.67 Å². The van der Waals surface area contributed by atoms with Crippen LogP contribution in [0.4, 0.5) is 4.39 Å². The monoisotopic (exact) mass is 434 g/mol. The maximum atomic E-state index is 15.3. The number of alkyl halides is 1. The van der Waals surface area contributed by atoms with Gasteiger partial charge in [-0.05, 0) is 49.9 Å². The summed E-state index contributed by atoms with van der Waals surface area (Å²) in [5, 5.41) is 10.6. The lowest BCUT2D eigenvalue weighted by Gasteiger charge is -2.32. The standard InChI is InChI=1S/C27H31FN2O2/c1-17(2)29-13-14-30-24-15-18(27(31)32)11-12-22(24)25(21-9-5-6-10-23(21)28)26(30)20-8-4-3-7-19(20)16-29/h3-4,7-8,11-12,15,17,21,23H,5-6,9-10,13-14,16H2,1-2H3,(H,31,32)/t21-,23-/m1/s1. The Bertz CT molecular complexity index is 1170. The van der Waals surface area contributed by atoms with Crippen molar-refractivity contribution >= 4 is 16.9 Å². The third-order valence-corrected chi connectivity index (χ3v) is 7.39. The van der Waals surface area contributed by atoms with Crippen molar-refractivity contribution in [2.45, 2.75) is 70.8 Å². The van der Waals surface area contributed by atoms with Gasteiger partial charge in [0.05, 0.1) is 11.3 Å². The van der Waals surface area contributed by atoms with Crippen molar-refractivity contribution < 1.29 is 14.3 Å². The smallest absolute Gasteiger partial charge is 0.335 e. The summed E-state index contributed by atoms with van der Waals surface area (Å²) in [5.41, 5.74) is 5.76. The highest BCUT2D eigenvalue weighted by atomic mass is 19.1. The second-order valence-corrected chi connectivity index (χ2v) is 9.58. The van der Waals surface area contributed by atoms with Crippen LogP contribution in [0.25, 0.3) is 22.2 Å². The summed E-state index contributed by atoms with van der Waals surface area (Å²) in [5.74, 6) is -1.08. The SMILES string of the molecule is CC(C)N1CCn2c(c([C@@H]3CCCC[C@H]3F)c3ccc(C(=O)O)cc32)-c2ccccc2C1. The first-order chi connectivity index (χ1) is 15.5. The van der Waals surface area contributed by atoms with E-state index in [0.29, 0.717) is 12.5 Å². The molecule has 1 aliphatic carbocycles. The molecule has 0 unspecified atom stereocenters. The van der Waals surface area contributed by atoms with Crippen molar-refractivity contribution in [3.63, 3.8) is 0 Å². The van der Waals surface area contributed by atoms with Gasteiger partial charge in [-0.1, -0.05) is 43.2 Å². The Morgan fingerprint density at radius 2 is 1.88 bits per heavy atom. The number of hydrogen-bond acceptors (Lipinski definition) is 2. The fourth-order valence-corrected chi connectivity index (χ4v) is 5.67. The molecular weight excluding hydrogens is 403 g/mol. The molecule has 0 amide bonds. The van der Waals surface area contributed by atoms with Gasteiger partial charge in [-0.15, -0.1) is 0 Å². The number of hydrogen-bond donors (Lipinski definition) is 1. The average Bonchev–Trinajstić information content (AvgIpc) is 3.08. The van der Waals surface area contributed by atoms with Crippen LogP contribution in [0.2, 0.25) is 0 Å². The fraction of sp³-hybridized carbons (Fsp3) is 0.444. The Morgan fingerprint density at radius 3 is 2.62 bits per heavy atom. The maximum absolute atomic E-state index is 15.3. The summed E-state index contributed by atoms with van der Waals surface area (Å²) in [7, 11) is 0. The Morgan fingerprint density at radius 1 is 1.09 bits per heavy atom. The van der Waals surface area contributed by atoms with Gasteiger partial charge in [0.1, 0.15) is 6.17 Å². The number of rotatable bonds is 3. The molecular formula is C27H31FN2O2. The van der Waals surface area contributed by atoms with E-state index in [4.69, 9.17) is 0 Å². The van der Waals surface area contributed by atoms with Crippen LogP contribution in [-0.4, -0.2) is 39.3 Å². The number of benzene rings is 2. The van der Waals surface area contributed by atoms with Crippen molar-refractivity contribution in [2.75, 3.05) is 6.54 Å². The van der Waals surface area contributed by atoms with Crippen LogP contribution in [0.1, 0.15) is 66.9 Å². The van der Waals surface area contributed by atoms with Crippen molar-refractivity contribution in [1.82, 2.24) is 9.47 Å². The van der Waals surface area contributed by atoms with Crippen molar-refractivity contribution in [1.29, 1.82) is 0 Å². The molecule has 0 radical (unpaired) electrons. The van der Waals surface area contributed by atoms with E-state index in [-0.39, 0.29) is 11.5 Å². The Labute approximate surface area is 188 Å². The third-order valence-electron chi connectivity index (χ3n) is 7.39. The van der Waals surface area contributed by atoms with Gasteiger partial charge in [0.25, 0.3) is 0 Å². The van der Waals surface area contributed by atoms with Crippen molar-refractivity contribution in [3.05, 3.63) is 59.2 Å². The number of halogens is 1. The van der Waals surface area contributed by atoms with Crippen molar-refractivity contribution in [2.24, 2.45) is 0 Å². The van der Waals surface area contributed by atoms with Crippen LogP contribution in [0.15, 0.2) is 42.5 Å². The lowest BCUT2D eigenvalue weighted by atomic mass is 9.80. The van der Waals surface area contributed by atoms with Gasteiger partial charge in [-0.25, -0.2) is 9.18 Å². The quantitative estimate of drug-likeness (QED) is 0.532. The molecule has 2 atom stereocenters. The minimum absolute atomic E-state index is 0.146. The van der Waals surface area contributed by atoms with Gasteiger partial charge in [-0.2, -0.15) is 0 Å². The zero-order valence-corrected chi connectivity index (χ0v) is 18.9. The lowest BCUT2D eigenvalue weighted by molar-refractivity contribution is 0.0697. The minimum atomic E-state index is -0.930. The predicted octanol–water partition coefficient (Wildman–Crippen LogP) is 6.23. The Balaban J connectivity index is 1.82. The Hall–Kier alpha value is -2.66. The highest BCUT2D eigenvalue weighted by Gasteiger charge is 2.34. The topological polar surface area (TPSA) is 45.5 Å². The van der Waals surface area contributed by atoms with E-state index in [9.17, 15) is 9.90 Å². The molecule has 1 saturated carbocycles. The minimum Gasteiger partial charge on any atom is -0.478 e. The number of aromatic carboxylic acids is 1. The van der Waals surface area contributed by atoms with Gasteiger partial charge in [0.15, 0.2) is 0 Å². The van der Waals surface area contributed by atoms with E-state index in [1.165, 1.54) is 5.56 Å². The molecule has 168 valence electrons. The first-order valence-corrected chi connectivity index (χ1v) is 11.8. The molecule has 4 nitrogen and oxygen atoms in total. The molecule has 2 aromatic carbocycles. The Kier molecular flexibility index (Phi) is 5.54.